The molecular formula is C18H32BF4N. The summed E-state index contributed by atoms with van der Waals surface area (Å²) in [5.41, 5.74) is 1.49. The molecule has 1 aromatic rings. The number of halogens is 4. The summed E-state index contributed by atoms with van der Waals surface area (Å²) in [6, 6.07) is 4.54. The molecule has 0 atom stereocenters. The smallest absolute Gasteiger partial charge is 0.418 e. The lowest BCUT2D eigenvalue weighted by atomic mass is 10.0. The maximum absolute atomic E-state index is 9.75. The second kappa shape index (κ2) is 14.3. The van der Waals surface area contributed by atoms with Gasteiger partial charge >= 0.3 is 7.25 Å². The van der Waals surface area contributed by atoms with Gasteiger partial charge in [-0.3, -0.25) is 0 Å². The van der Waals surface area contributed by atoms with E-state index in [1.807, 2.05) is 0 Å². The fraction of sp³-hybridized carbons (Fsp3) is 0.722. The van der Waals surface area contributed by atoms with E-state index in [0.717, 1.165) is 6.54 Å². The van der Waals surface area contributed by atoms with Crippen LogP contribution in [0.15, 0.2) is 24.5 Å². The number of nitrogens with zero attached hydrogens (tertiary/aromatic N) is 1. The molecule has 0 fully saturated rings. The van der Waals surface area contributed by atoms with Crippen LogP contribution < -0.4 is 4.57 Å². The Morgan fingerprint density at radius 3 is 1.58 bits per heavy atom. The summed E-state index contributed by atoms with van der Waals surface area (Å²) in [5, 5.41) is 0. The van der Waals surface area contributed by atoms with E-state index < -0.39 is 7.25 Å². The van der Waals surface area contributed by atoms with Crippen LogP contribution in [0.2, 0.25) is 0 Å². The Morgan fingerprint density at radius 2 is 1.17 bits per heavy atom. The van der Waals surface area contributed by atoms with Gasteiger partial charge in [0.2, 0.25) is 0 Å². The molecule has 0 aliphatic carbocycles. The number of rotatable bonds is 11. The van der Waals surface area contributed by atoms with Crippen LogP contribution in [-0.2, 0) is 13.0 Å². The minimum Gasteiger partial charge on any atom is -0.418 e. The highest BCUT2D eigenvalue weighted by Crippen LogP contribution is 2.11. The van der Waals surface area contributed by atoms with Crippen molar-refractivity contribution in [1.29, 1.82) is 0 Å². The molecule has 1 rings (SSSR count). The van der Waals surface area contributed by atoms with E-state index >= 15 is 0 Å². The number of hydrogen-bond donors (Lipinski definition) is 0. The quantitative estimate of drug-likeness (QED) is 0.189. The van der Waals surface area contributed by atoms with Crippen molar-refractivity contribution in [2.75, 3.05) is 0 Å². The molecule has 0 radical (unpaired) electrons. The average Bonchev–Trinajstić information content (AvgIpc) is 2.52. The van der Waals surface area contributed by atoms with E-state index in [4.69, 9.17) is 0 Å². The van der Waals surface area contributed by atoms with Crippen molar-refractivity contribution in [2.24, 2.45) is 0 Å². The van der Waals surface area contributed by atoms with E-state index in [1.165, 1.54) is 69.8 Å². The topological polar surface area (TPSA) is 3.88 Å². The fourth-order valence-electron chi connectivity index (χ4n) is 2.51. The van der Waals surface area contributed by atoms with Crippen molar-refractivity contribution in [1.82, 2.24) is 0 Å². The largest absolute Gasteiger partial charge is 0.673 e. The molecule has 6 heteroatoms. The van der Waals surface area contributed by atoms with E-state index in [9.17, 15) is 17.3 Å². The Hall–Kier alpha value is -1.07. The van der Waals surface area contributed by atoms with Crippen molar-refractivity contribution in [3.63, 3.8) is 0 Å². The summed E-state index contributed by atoms with van der Waals surface area (Å²) in [6.07, 6.45) is 18.4. The summed E-state index contributed by atoms with van der Waals surface area (Å²) in [6.45, 7) is 5.53. The number of aromatic nitrogens is 1. The van der Waals surface area contributed by atoms with Gasteiger partial charge in [-0.2, -0.15) is 0 Å². The first-order valence-corrected chi connectivity index (χ1v) is 9.22. The van der Waals surface area contributed by atoms with Gasteiger partial charge in [-0.25, -0.2) is 4.57 Å². The Labute approximate surface area is 144 Å². The first kappa shape index (κ1) is 22.9. The van der Waals surface area contributed by atoms with Crippen molar-refractivity contribution in [2.45, 2.75) is 84.6 Å². The third kappa shape index (κ3) is 17.3. The molecule has 1 nitrogen and oxygen atoms in total. The molecule has 0 saturated heterocycles. The van der Waals surface area contributed by atoms with Gasteiger partial charge in [0.15, 0.2) is 12.4 Å². The van der Waals surface area contributed by atoms with Crippen molar-refractivity contribution < 1.29 is 21.8 Å². The van der Waals surface area contributed by atoms with Gasteiger partial charge in [-0.05, 0) is 25.3 Å². The third-order valence-corrected chi connectivity index (χ3v) is 3.89. The third-order valence-electron chi connectivity index (χ3n) is 3.89. The van der Waals surface area contributed by atoms with E-state index in [-0.39, 0.29) is 0 Å². The number of pyridine rings is 1. The summed E-state index contributed by atoms with van der Waals surface area (Å²) >= 11 is 0. The molecule has 0 bridgehead atoms. The van der Waals surface area contributed by atoms with E-state index in [1.54, 1.807) is 0 Å². The zero-order valence-electron chi connectivity index (χ0n) is 15.1. The Kier molecular flexibility index (Phi) is 13.7. The van der Waals surface area contributed by atoms with Crippen LogP contribution in [0.3, 0.4) is 0 Å². The van der Waals surface area contributed by atoms with Crippen LogP contribution in [-0.4, -0.2) is 7.25 Å². The number of unbranched alkanes of at least 4 members (excludes halogenated alkanes) is 8. The summed E-state index contributed by atoms with van der Waals surface area (Å²) in [7, 11) is -6.00. The predicted molar refractivity (Wildman–Crippen MR) is 93.4 cm³/mol. The first-order valence-electron chi connectivity index (χ1n) is 9.22. The summed E-state index contributed by atoms with van der Waals surface area (Å²) in [4.78, 5) is 0. The predicted octanol–water partition coefficient (Wildman–Crippen LogP) is 6.37. The second-order valence-electron chi connectivity index (χ2n) is 6.11. The molecule has 0 aliphatic rings. The summed E-state index contributed by atoms with van der Waals surface area (Å²) in [5.74, 6) is 0. The van der Waals surface area contributed by atoms with Crippen LogP contribution >= 0.6 is 0 Å². The molecule has 0 amide bonds. The van der Waals surface area contributed by atoms with Gasteiger partial charge in [0.05, 0.1) is 0 Å². The highest BCUT2D eigenvalue weighted by atomic mass is 19.5. The number of aryl methyl sites for hydroxylation is 2. The molecular weight excluding hydrogens is 317 g/mol. The van der Waals surface area contributed by atoms with E-state index in [2.05, 4.69) is 42.9 Å². The monoisotopic (exact) mass is 349 g/mol. The van der Waals surface area contributed by atoms with Gasteiger partial charge in [0.1, 0.15) is 6.54 Å². The van der Waals surface area contributed by atoms with Crippen LogP contribution in [0.4, 0.5) is 17.3 Å². The fourth-order valence-corrected chi connectivity index (χ4v) is 2.51. The Bertz CT molecular complexity index is 387. The van der Waals surface area contributed by atoms with E-state index in [0.29, 0.717) is 0 Å². The Morgan fingerprint density at radius 1 is 0.750 bits per heavy atom. The lowest BCUT2D eigenvalue weighted by Crippen LogP contribution is -2.30. The van der Waals surface area contributed by atoms with Gasteiger partial charge in [-0.15, -0.1) is 0 Å². The molecule has 0 unspecified atom stereocenters. The minimum absolute atomic E-state index is 1.07. The zero-order valence-corrected chi connectivity index (χ0v) is 15.1. The lowest BCUT2D eigenvalue weighted by Gasteiger charge is -2.02. The molecule has 0 aromatic carbocycles. The van der Waals surface area contributed by atoms with Gasteiger partial charge in [0.25, 0.3) is 0 Å². The molecule has 140 valence electrons. The zero-order chi connectivity index (χ0) is 18.3. The van der Waals surface area contributed by atoms with Crippen LogP contribution in [0.1, 0.15) is 77.2 Å². The highest BCUT2D eigenvalue weighted by molar-refractivity contribution is 6.50. The van der Waals surface area contributed by atoms with Crippen molar-refractivity contribution in [3.05, 3.63) is 30.1 Å². The van der Waals surface area contributed by atoms with Crippen molar-refractivity contribution >= 4 is 7.25 Å². The number of hydrogen-bond acceptors (Lipinski definition) is 0. The van der Waals surface area contributed by atoms with Gasteiger partial charge < -0.3 is 17.3 Å². The average molecular weight is 349 g/mol. The maximum Gasteiger partial charge on any atom is 0.673 e. The van der Waals surface area contributed by atoms with Crippen LogP contribution in [0, 0.1) is 0 Å². The molecule has 0 spiro atoms. The summed E-state index contributed by atoms with van der Waals surface area (Å²) < 4.78 is 41.2. The van der Waals surface area contributed by atoms with Gasteiger partial charge in [-0.1, -0.05) is 58.3 Å². The Balaban J connectivity index is 0.000000922. The second-order valence-corrected chi connectivity index (χ2v) is 6.11. The standard InChI is InChI=1S/C18H32N.BF4/c1-3-5-6-7-8-9-10-11-12-13-18-14-16-19(4-2)17-15-18;2-1(3,4)5/h14-17H,3-13H2,1-2H3;/q+1;-1. The molecule has 0 N–H and O–H groups in total. The van der Waals surface area contributed by atoms with Gasteiger partial charge in [0, 0.05) is 12.1 Å². The maximum atomic E-state index is 9.75. The van der Waals surface area contributed by atoms with Crippen LogP contribution in [0.5, 0.6) is 0 Å². The normalized spacial score (nSPS) is 11.1. The SMILES string of the molecule is CCCCCCCCCCCc1cc[n+](CC)cc1.F[B-](F)(F)F. The highest BCUT2D eigenvalue weighted by Gasteiger charge is 2.20. The molecule has 1 heterocycles. The molecule has 1 aromatic heterocycles. The first-order chi connectivity index (χ1) is 11.4. The lowest BCUT2D eigenvalue weighted by molar-refractivity contribution is -0.693. The minimum atomic E-state index is -6.00. The molecule has 0 aliphatic heterocycles. The molecule has 0 saturated carbocycles. The van der Waals surface area contributed by atoms with Crippen LogP contribution in [0.25, 0.3) is 0 Å². The van der Waals surface area contributed by atoms with Crippen molar-refractivity contribution in [3.8, 4) is 0 Å². The molecule has 24 heavy (non-hydrogen) atoms.